The van der Waals surface area contributed by atoms with Gasteiger partial charge in [0.05, 0.1) is 13.2 Å². The quantitative estimate of drug-likeness (QED) is 0.768. The second-order valence-corrected chi connectivity index (χ2v) is 4.64. The number of piperazine rings is 1. The van der Waals surface area contributed by atoms with Gasteiger partial charge in [-0.3, -0.25) is 4.90 Å². The summed E-state index contributed by atoms with van der Waals surface area (Å²) >= 11 is 0. The highest BCUT2D eigenvalue weighted by molar-refractivity contribution is 5.67. The molecule has 0 saturated carbocycles. The summed E-state index contributed by atoms with van der Waals surface area (Å²) in [5.74, 6) is 0. The number of aliphatic hydroxyl groups is 1. The van der Waals surface area contributed by atoms with Gasteiger partial charge in [-0.05, 0) is 20.8 Å². The third-order valence-corrected chi connectivity index (χ3v) is 3.05. The van der Waals surface area contributed by atoms with Crippen molar-refractivity contribution in [1.82, 2.24) is 9.80 Å². The van der Waals surface area contributed by atoms with E-state index >= 15 is 0 Å². The Kier molecular flexibility index (Phi) is 4.56. The smallest absolute Gasteiger partial charge is 0.409 e. The van der Waals surface area contributed by atoms with Gasteiger partial charge in [-0.1, -0.05) is 0 Å². The van der Waals surface area contributed by atoms with Crippen LogP contribution in [0.5, 0.6) is 0 Å². The lowest BCUT2D eigenvalue weighted by molar-refractivity contribution is 0.0141. The van der Waals surface area contributed by atoms with Gasteiger partial charge in [0.1, 0.15) is 0 Å². The number of amides is 1. The van der Waals surface area contributed by atoms with E-state index in [4.69, 9.17) is 4.74 Å². The van der Waals surface area contributed by atoms with Crippen molar-refractivity contribution in [2.75, 3.05) is 39.4 Å². The molecule has 5 heteroatoms. The summed E-state index contributed by atoms with van der Waals surface area (Å²) in [5, 5.41) is 9.26. The topological polar surface area (TPSA) is 53.0 Å². The van der Waals surface area contributed by atoms with Crippen LogP contribution in [-0.2, 0) is 4.74 Å². The van der Waals surface area contributed by atoms with Crippen molar-refractivity contribution in [2.24, 2.45) is 0 Å². The Balaban J connectivity index is 2.42. The van der Waals surface area contributed by atoms with Crippen LogP contribution in [0.15, 0.2) is 0 Å². The molecule has 0 unspecified atom stereocenters. The molecule has 0 atom stereocenters. The molecule has 1 amide bonds. The normalized spacial score (nSPS) is 18.6. The van der Waals surface area contributed by atoms with Crippen molar-refractivity contribution in [1.29, 1.82) is 0 Å². The number of aliphatic hydroxyl groups excluding tert-OH is 1. The Labute approximate surface area is 97.0 Å². The first-order valence-electron chi connectivity index (χ1n) is 5.79. The fourth-order valence-electron chi connectivity index (χ4n) is 1.81. The van der Waals surface area contributed by atoms with Crippen LogP contribution in [0.4, 0.5) is 4.79 Å². The molecule has 0 aromatic carbocycles. The van der Waals surface area contributed by atoms with Gasteiger partial charge in [0.15, 0.2) is 0 Å². The molecule has 1 rings (SSSR count). The molecule has 0 bridgehead atoms. The molecule has 1 aliphatic rings. The number of hydrogen-bond donors (Lipinski definition) is 1. The van der Waals surface area contributed by atoms with Gasteiger partial charge in [-0.2, -0.15) is 0 Å². The molecule has 0 aliphatic carbocycles. The van der Waals surface area contributed by atoms with E-state index in [9.17, 15) is 9.90 Å². The number of carbonyl (C=O) groups excluding carboxylic acids is 1. The monoisotopic (exact) mass is 230 g/mol. The average Bonchev–Trinajstić information content (AvgIpc) is 2.29. The van der Waals surface area contributed by atoms with Crippen molar-refractivity contribution in [2.45, 2.75) is 26.3 Å². The standard InChI is InChI=1S/C11H22N2O3/c1-4-16-10(15)12-5-7-13(8-6-12)11(2,3)9-14/h14H,4-9H2,1-3H3. The molecule has 5 nitrogen and oxygen atoms in total. The third-order valence-electron chi connectivity index (χ3n) is 3.05. The van der Waals surface area contributed by atoms with Crippen LogP contribution in [0, 0.1) is 0 Å². The largest absolute Gasteiger partial charge is 0.450 e. The molecule has 1 fully saturated rings. The minimum absolute atomic E-state index is 0.131. The van der Waals surface area contributed by atoms with Crippen LogP contribution >= 0.6 is 0 Å². The van der Waals surface area contributed by atoms with Gasteiger partial charge in [-0.15, -0.1) is 0 Å². The van der Waals surface area contributed by atoms with Gasteiger partial charge >= 0.3 is 6.09 Å². The summed E-state index contributed by atoms with van der Waals surface area (Å²) in [7, 11) is 0. The average molecular weight is 230 g/mol. The second kappa shape index (κ2) is 5.50. The van der Waals surface area contributed by atoms with Crippen LogP contribution in [0.3, 0.4) is 0 Å². The molecule has 16 heavy (non-hydrogen) atoms. The van der Waals surface area contributed by atoms with Crippen molar-refractivity contribution >= 4 is 6.09 Å². The fraction of sp³-hybridized carbons (Fsp3) is 0.909. The van der Waals surface area contributed by atoms with Crippen molar-refractivity contribution in [3.05, 3.63) is 0 Å². The Hall–Kier alpha value is -0.810. The van der Waals surface area contributed by atoms with E-state index in [0.717, 1.165) is 13.1 Å². The first-order valence-corrected chi connectivity index (χ1v) is 5.79. The van der Waals surface area contributed by atoms with E-state index in [0.29, 0.717) is 19.7 Å². The lowest BCUT2D eigenvalue weighted by Crippen LogP contribution is -2.57. The van der Waals surface area contributed by atoms with E-state index in [1.807, 2.05) is 20.8 Å². The molecule has 94 valence electrons. The van der Waals surface area contributed by atoms with Gasteiger partial charge in [0, 0.05) is 31.7 Å². The molecular formula is C11H22N2O3. The van der Waals surface area contributed by atoms with E-state index in [2.05, 4.69) is 4.90 Å². The zero-order valence-electron chi connectivity index (χ0n) is 10.4. The predicted molar refractivity (Wildman–Crippen MR) is 61.3 cm³/mol. The minimum atomic E-state index is -0.232. The highest BCUT2D eigenvalue weighted by atomic mass is 16.6. The number of ether oxygens (including phenoxy) is 1. The number of nitrogens with zero attached hydrogens (tertiary/aromatic N) is 2. The maximum absolute atomic E-state index is 11.5. The summed E-state index contributed by atoms with van der Waals surface area (Å²) in [6.45, 7) is 9.28. The van der Waals surface area contributed by atoms with Crippen LogP contribution < -0.4 is 0 Å². The number of carbonyl (C=O) groups is 1. The Morgan fingerprint density at radius 3 is 2.31 bits per heavy atom. The molecule has 1 N–H and O–H groups in total. The van der Waals surface area contributed by atoms with E-state index in [1.165, 1.54) is 0 Å². The Morgan fingerprint density at radius 1 is 1.31 bits per heavy atom. The summed E-state index contributed by atoms with van der Waals surface area (Å²) < 4.78 is 4.95. The summed E-state index contributed by atoms with van der Waals surface area (Å²) in [6, 6.07) is 0. The van der Waals surface area contributed by atoms with E-state index < -0.39 is 0 Å². The van der Waals surface area contributed by atoms with Crippen molar-refractivity contribution in [3.8, 4) is 0 Å². The van der Waals surface area contributed by atoms with Crippen LogP contribution in [0.2, 0.25) is 0 Å². The first kappa shape index (κ1) is 13.3. The zero-order valence-corrected chi connectivity index (χ0v) is 10.4. The molecular weight excluding hydrogens is 208 g/mol. The summed E-state index contributed by atoms with van der Waals surface area (Å²) in [6.07, 6.45) is -0.232. The molecule has 1 aliphatic heterocycles. The second-order valence-electron chi connectivity index (χ2n) is 4.64. The summed E-state index contributed by atoms with van der Waals surface area (Å²) in [5.41, 5.74) is -0.208. The minimum Gasteiger partial charge on any atom is -0.450 e. The third kappa shape index (κ3) is 3.09. The SMILES string of the molecule is CCOC(=O)N1CCN(C(C)(C)CO)CC1. The zero-order chi connectivity index (χ0) is 12.2. The number of hydrogen-bond acceptors (Lipinski definition) is 4. The van der Waals surface area contributed by atoms with Crippen molar-refractivity contribution < 1.29 is 14.6 Å². The van der Waals surface area contributed by atoms with E-state index in [1.54, 1.807) is 4.90 Å². The van der Waals surface area contributed by atoms with E-state index in [-0.39, 0.29) is 18.2 Å². The van der Waals surface area contributed by atoms with Gasteiger partial charge < -0.3 is 14.7 Å². The molecule has 0 aromatic rings. The van der Waals surface area contributed by atoms with Gasteiger partial charge in [0.25, 0.3) is 0 Å². The maximum Gasteiger partial charge on any atom is 0.409 e. The Bertz CT molecular complexity index is 235. The Morgan fingerprint density at radius 2 is 1.88 bits per heavy atom. The number of rotatable bonds is 3. The van der Waals surface area contributed by atoms with Gasteiger partial charge in [0.2, 0.25) is 0 Å². The lowest BCUT2D eigenvalue weighted by Gasteiger charge is -2.42. The first-order chi connectivity index (χ1) is 7.51. The summed E-state index contributed by atoms with van der Waals surface area (Å²) in [4.78, 5) is 15.4. The van der Waals surface area contributed by atoms with Gasteiger partial charge in [-0.25, -0.2) is 4.79 Å². The molecule has 0 aromatic heterocycles. The highest BCUT2D eigenvalue weighted by Gasteiger charge is 2.30. The van der Waals surface area contributed by atoms with Crippen LogP contribution in [0.25, 0.3) is 0 Å². The molecule has 0 radical (unpaired) electrons. The fourth-order valence-corrected chi connectivity index (χ4v) is 1.81. The molecule has 1 heterocycles. The maximum atomic E-state index is 11.5. The lowest BCUT2D eigenvalue weighted by atomic mass is 10.0. The van der Waals surface area contributed by atoms with Crippen LogP contribution in [0.1, 0.15) is 20.8 Å². The molecule has 1 saturated heterocycles. The molecule has 0 spiro atoms. The highest BCUT2D eigenvalue weighted by Crippen LogP contribution is 2.16. The predicted octanol–water partition coefficient (Wildman–Crippen LogP) is 0.531. The van der Waals surface area contributed by atoms with Crippen molar-refractivity contribution in [3.63, 3.8) is 0 Å². The van der Waals surface area contributed by atoms with Crippen LogP contribution in [-0.4, -0.2) is 65.9 Å².